The summed E-state index contributed by atoms with van der Waals surface area (Å²) in [6, 6.07) is 29.6. The van der Waals surface area contributed by atoms with Gasteiger partial charge in [-0.25, -0.2) is 4.98 Å². The Labute approximate surface area is 430 Å². The second-order valence-corrected chi connectivity index (χ2v) is 19.5. The summed E-state index contributed by atoms with van der Waals surface area (Å²) in [7, 11) is 0. The van der Waals surface area contributed by atoms with Gasteiger partial charge >= 0.3 is 0 Å². The first-order valence-corrected chi connectivity index (χ1v) is 23.2. The van der Waals surface area contributed by atoms with Crippen LogP contribution in [0.3, 0.4) is 0 Å². The SMILES string of the molecule is [2H]c1nc(-c2[c-]c(-c3cccc4c3nc(-c3cc(C)cc(C)c3O)n4-c3ccc(-c4c(C(C)(CC)CC)cccc4C(C)(CC)CC)cc3C([2H])([2H])[2H])cc(C(C)(C)C)c2)c([2H])c(-c2ccc(C([2H])([2H])[2H])c([2H])c2[2H])c1[2H].[Pt]. The molecule has 0 bridgehead atoms. The van der Waals surface area contributed by atoms with E-state index in [1.54, 1.807) is 0 Å². The van der Waals surface area contributed by atoms with Crippen molar-refractivity contribution in [1.29, 1.82) is 0 Å². The minimum absolute atomic E-state index is 0. The molecule has 1 N–H and O–H groups in total. The molecular weight excluding hydrogens is 998 g/mol. The largest absolute Gasteiger partial charge is 0.507 e. The molecule has 6 aromatic carbocycles. The quantitative estimate of drug-likeness (QED) is 0.124. The van der Waals surface area contributed by atoms with Crippen LogP contribution in [0.25, 0.3) is 72.7 Å². The van der Waals surface area contributed by atoms with Gasteiger partial charge in [-0.15, -0.1) is 29.3 Å². The number of aromatic nitrogens is 3. The zero-order valence-electron chi connectivity index (χ0n) is 51.6. The molecule has 8 aromatic rings. The van der Waals surface area contributed by atoms with Crippen LogP contribution in [0, 0.1) is 33.6 Å². The Balaban J connectivity index is 0.00000882. The van der Waals surface area contributed by atoms with Gasteiger partial charge in [-0.1, -0.05) is 152 Å². The smallest absolute Gasteiger partial charge is 0.148 e. The van der Waals surface area contributed by atoms with E-state index >= 15 is 0 Å². The van der Waals surface area contributed by atoms with E-state index in [1.165, 1.54) is 23.3 Å². The molecule has 0 spiro atoms. The van der Waals surface area contributed by atoms with Crippen molar-refractivity contribution < 1.29 is 41.3 Å². The summed E-state index contributed by atoms with van der Waals surface area (Å²) in [5.41, 5.74) is 8.35. The van der Waals surface area contributed by atoms with Gasteiger partial charge in [0.2, 0.25) is 0 Å². The zero-order chi connectivity index (χ0) is 56.6. The number of aromatic hydroxyl groups is 1. The van der Waals surface area contributed by atoms with E-state index in [4.69, 9.17) is 14.6 Å². The van der Waals surface area contributed by atoms with Crippen molar-refractivity contribution in [3.8, 4) is 67.5 Å². The van der Waals surface area contributed by atoms with E-state index in [1.807, 2.05) is 99.8 Å². The van der Waals surface area contributed by atoms with Gasteiger partial charge in [0.15, 0.2) is 0 Å². The number of hydrogen-bond donors (Lipinski definition) is 1. The summed E-state index contributed by atoms with van der Waals surface area (Å²) in [5, 5.41) is 12.0. The van der Waals surface area contributed by atoms with Crippen LogP contribution in [-0.2, 0) is 37.3 Å². The van der Waals surface area contributed by atoms with E-state index in [2.05, 4.69) is 70.8 Å². The molecule has 0 atom stereocenters. The van der Waals surface area contributed by atoms with Crippen molar-refractivity contribution in [3.63, 3.8) is 0 Å². The fourth-order valence-electron chi connectivity index (χ4n) is 9.27. The molecule has 0 aliphatic heterocycles. The fourth-order valence-corrected chi connectivity index (χ4v) is 9.27. The zero-order valence-corrected chi connectivity index (χ0v) is 42.9. The maximum Gasteiger partial charge on any atom is 0.148 e. The molecule has 2 heterocycles. The van der Waals surface area contributed by atoms with Gasteiger partial charge < -0.3 is 5.11 Å². The number of pyridine rings is 1. The van der Waals surface area contributed by atoms with Crippen molar-refractivity contribution in [2.24, 2.45) is 0 Å². The number of benzene rings is 6. The van der Waals surface area contributed by atoms with Gasteiger partial charge in [-0.3, -0.25) is 9.55 Å². The summed E-state index contributed by atoms with van der Waals surface area (Å²) >= 11 is 0. The predicted molar refractivity (Wildman–Crippen MR) is 280 cm³/mol. The molecule has 0 radical (unpaired) electrons. The molecule has 0 aliphatic rings. The number of para-hydroxylation sites is 1. The molecule has 5 heteroatoms. The van der Waals surface area contributed by atoms with Crippen LogP contribution in [0.1, 0.15) is 142 Å². The van der Waals surface area contributed by atoms with Gasteiger partial charge in [0, 0.05) is 41.2 Å². The molecular formula is C62H68N3OPt-. The third-order valence-corrected chi connectivity index (χ3v) is 14.3. The number of fused-ring (bicyclic) bond motifs is 1. The van der Waals surface area contributed by atoms with Crippen LogP contribution >= 0.6 is 0 Å². The summed E-state index contributed by atoms with van der Waals surface area (Å²) in [5.74, 6) is 0.307. The average molecular weight is 1080 g/mol. The van der Waals surface area contributed by atoms with Crippen LogP contribution in [-0.4, -0.2) is 19.6 Å². The number of rotatable bonds is 12. The van der Waals surface area contributed by atoms with Crippen LogP contribution in [0.5, 0.6) is 5.75 Å². The minimum Gasteiger partial charge on any atom is -0.507 e. The molecule has 0 saturated carbocycles. The Kier molecular flexibility index (Phi) is 10.5. The summed E-state index contributed by atoms with van der Waals surface area (Å²) < 4.78 is 98.1. The van der Waals surface area contributed by atoms with E-state index in [0.717, 1.165) is 47.9 Å². The van der Waals surface area contributed by atoms with Crippen molar-refractivity contribution in [3.05, 3.63) is 166 Å². The monoisotopic (exact) mass is 1080 g/mol. The number of hydrogen-bond acceptors (Lipinski definition) is 3. The molecule has 0 aliphatic carbocycles. The first-order valence-electron chi connectivity index (χ1n) is 28.7. The van der Waals surface area contributed by atoms with E-state index in [0.29, 0.717) is 50.4 Å². The summed E-state index contributed by atoms with van der Waals surface area (Å²) in [6.07, 6.45) is 3.06. The molecule has 4 nitrogen and oxygen atoms in total. The van der Waals surface area contributed by atoms with Gasteiger partial charge in [0.05, 0.1) is 29.1 Å². The Bertz CT molecular complexity index is 3580. The van der Waals surface area contributed by atoms with E-state index in [9.17, 15) is 10.6 Å². The van der Waals surface area contributed by atoms with E-state index < -0.39 is 43.4 Å². The van der Waals surface area contributed by atoms with Crippen LogP contribution in [0.15, 0.2) is 121 Å². The molecule has 8 rings (SSSR count). The number of nitrogens with zero attached hydrogens (tertiary/aromatic N) is 3. The molecule has 67 heavy (non-hydrogen) atoms. The van der Waals surface area contributed by atoms with Crippen molar-refractivity contribution >= 4 is 11.0 Å². The van der Waals surface area contributed by atoms with Crippen molar-refractivity contribution in [2.75, 3.05) is 0 Å². The van der Waals surface area contributed by atoms with E-state index in [-0.39, 0.29) is 71.6 Å². The molecule has 0 saturated heterocycles. The third kappa shape index (κ3) is 9.24. The molecule has 0 unspecified atom stereocenters. The predicted octanol–water partition coefficient (Wildman–Crippen LogP) is 16.9. The van der Waals surface area contributed by atoms with Crippen LogP contribution < -0.4 is 0 Å². The third-order valence-electron chi connectivity index (χ3n) is 14.3. The van der Waals surface area contributed by atoms with Crippen LogP contribution in [0.2, 0.25) is 0 Å². The van der Waals surface area contributed by atoms with Crippen LogP contribution in [0.4, 0.5) is 0 Å². The van der Waals surface area contributed by atoms with Gasteiger partial charge in [0.1, 0.15) is 11.6 Å². The van der Waals surface area contributed by atoms with Crippen molar-refractivity contribution in [1.82, 2.24) is 14.5 Å². The number of phenols is 1. The molecule has 0 fully saturated rings. The average Bonchev–Trinajstić information content (AvgIpc) is 3.93. The maximum atomic E-state index is 12.0. The van der Waals surface area contributed by atoms with Gasteiger partial charge in [-0.2, -0.15) is 0 Å². The number of aryl methyl sites for hydroxylation is 4. The van der Waals surface area contributed by atoms with Crippen molar-refractivity contribution in [2.45, 2.75) is 132 Å². The Morgan fingerprint density at radius 1 is 0.672 bits per heavy atom. The second kappa shape index (κ2) is 19.2. The number of imidazole rings is 1. The normalized spacial score (nSPS) is 14.9. The molecule has 348 valence electrons. The first kappa shape index (κ1) is 36.5. The maximum absolute atomic E-state index is 12.0. The molecule has 2 aromatic heterocycles. The first-order chi connectivity index (χ1) is 35.9. The standard InChI is InChI=1S/C62H68N3O.Pt/c1-14-61(12,15-2)51-21-19-22-52(62(13,16-3)17-4)56(51)45-28-29-54(41(7)34-45)65-55-23-18-20-49(57(55)64-59(65)50-33-40(6)32-42(8)58(50)66)46-35-47(37-48(36-46)60(9,10)11)53-38-44(30-31-63-53)43-26-24-39(5)25-27-43;/h18-34,36-38,66H,14-17H2,1-13H3;/q-1;/i5D3,7D3,24D,26D,30D,31D,38D;. The van der Waals surface area contributed by atoms with Gasteiger partial charge in [0.25, 0.3) is 0 Å². The van der Waals surface area contributed by atoms with Gasteiger partial charge in [-0.05, 0) is 150 Å². The Morgan fingerprint density at radius 2 is 1.34 bits per heavy atom. The molecule has 0 amide bonds. The Hall–Kier alpha value is -5.57. The summed E-state index contributed by atoms with van der Waals surface area (Å²) in [6.45, 7) is 17.9. The Morgan fingerprint density at radius 3 is 2.00 bits per heavy atom. The fraction of sp³-hybridized carbons (Fsp3) is 0.323. The second-order valence-electron chi connectivity index (χ2n) is 19.5. The number of phenolic OH excluding ortho intramolecular Hbond substituents is 1. The summed E-state index contributed by atoms with van der Waals surface area (Å²) in [4.78, 5) is 9.83. The minimum atomic E-state index is -2.67. The topological polar surface area (TPSA) is 50.9 Å².